The molecule has 0 radical (unpaired) electrons. The summed E-state index contributed by atoms with van der Waals surface area (Å²) in [6.45, 7) is 0. The molecule has 0 spiro atoms. The molecule has 0 unspecified atom stereocenters. The van der Waals surface area contributed by atoms with E-state index in [1.165, 1.54) is 11.8 Å². The molecule has 0 saturated heterocycles. The van der Waals surface area contributed by atoms with Crippen LogP contribution in [0.1, 0.15) is 0 Å². The highest BCUT2D eigenvalue weighted by molar-refractivity contribution is 7.99. The standard InChI is InChI=1S/C11H11N3O2S/c15-5-12-7-17-10-8-3-1-2-4-9(8)14-11(10)13-6-16/h1-6,14H,7H2,(H,12,15)(H,13,16). The van der Waals surface area contributed by atoms with Crippen molar-refractivity contribution in [3.63, 3.8) is 0 Å². The summed E-state index contributed by atoms with van der Waals surface area (Å²) >= 11 is 1.45. The zero-order chi connectivity index (χ0) is 12.1. The predicted octanol–water partition coefficient (Wildman–Crippen LogP) is 1.53. The minimum Gasteiger partial charge on any atom is -0.349 e. The van der Waals surface area contributed by atoms with Gasteiger partial charge in [-0.05, 0) is 6.07 Å². The molecule has 1 aromatic heterocycles. The number of fused-ring (bicyclic) bond motifs is 1. The van der Waals surface area contributed by atoms with E-state index < -0.39 is 0 Å². The van der Waals surface area contributed by atoms with Crippen LogP contribution in [-0.4, -0.2) is 23.7 Å². The fourth-order valence-electron chi connectivity index (χ4n) is 1.57. The average Bonchev–Trinajstić information content (AvgIpc) is 2.69. The molecule has 2 rings (SSSR count). The van der Waals surface area contributed by atoms with Gasteiger partial charge in [0.25, 0.3) is 0 Å². The lowest BCUT2D eigenvalue weighted by Crippen LogP contribution is -2.08. The lowest BCUT2D eigenvalue weighted by atomic mass is 10.2. The Labute approximate surface area is 102 Å². The molecule has 88 valence electrons. The van der Waals surface area contributed by atoms with Crippen LogP contribution in [0.15, 0.2) is 29.2 Å². The molecule has 17 heavy (non-hydrogen) atoms. The van der Waals surface area contributed by atoms with Crippen molar-refractivity contribution in [2.45, 2.75) is 4.90 Å². The van der Waals surface area contributed by atoms with Gasteiger partial charge in [-0.25, -0.2) is 0 Å². The molecule has 0 aliphatic heterocycles. The van der Waals surface area contributed by atoms with Crippen molar-refractivity contribution in [3.8, 4) is 0 Å². The van der Waals surface area contributed by atoms with Crippen LogP contribution < -0.4 is 10.6 Å². The van der Waals surface area contributed by atoms with Crippen molar-refractivity contribution >= 4 is 41.3 Å². The Morgan fingerprint density at radius 1 is 1.24 bits per heavy atom. The second-order valence-electron chi connectivity index (χ2n) is 3.25. The SMILES string of the molecule is O=CNCSc1c(NC=O)[nH]c2ccccc12. The molecule has 3 N–H and O–H groups in total. The zero-order valence-electron chi connectivity index (χ0n) is 8.90. The van der Waals surface area contributed by atoms with Crippen LogP contribution in [0.4, 0.5) is 5.82 Å². The lowest BCUT2D eigenvalue weighted by Gasteiger charge is -2.02. The second kappa shape index (κ2) is 5.40. The number of rotatable bonds is 6. The molecule has 0 aliphatic carbocycles. The van der Waals surface area contributed by atoms with Gasteiger partial charge in [-0.1, -0.05) is 18.2 Å². The smallest absolute Gasteiger partial charge is 0.212 e. The van der Waals surface area contributed by atoms with Crippen LogP contribution in [-0.2, 0) is 9.59 Å². The number of aromatic nitrogens is 1. The first kappa shape index (κ1) is 11.5. The summed E-state index contributed by atoms with van der Waals surface area (Å²) in [5.74, 6) is 1.11. The highest BCUT2D eigenvalue weighted by atomic mass is 32.2. The van der Waals surface area contributed by atoms with Crippen LogP contribution >= 0.6 is 11.8 Å². The van der Waals surface area contributed by atoms with Gasteiger partial charge < -0.3 is 15.6 Å². The van der Waals surface area contributed by atoms with Crippen molar-refractivity contribution in [1.29, 1.82) is 0 Å². The van der Waals surface area contributed by atoms with Gasteiger partial charge in [0.1, 0.15) is 5.82 Å². The highest BCUT2D eigenvalue weighted by Crippen LogP contribution is 2.34. The molecule has 0 aliphatic rings. The van der Waals surface area contributed by atoms with Crippen LogP contribution in [0, 0.1) is 0 Å². The highest BCUT2D eigenvalue weighted by Gasteiger charge is 2.10. The topological polar surface area (TPSA) is 74.0 Å². The summed E-state index contributed by atoms with van der Waals surface area (Å²) in [6.07, 6.45) is 1.27. The quantitative estimate of drug-likeness (QED) is 0.314. The molecular formula is C11H11N3O2S. The number of hydrogen-bond acceptors (Lipinski definition) is 3. The number of anilines is 1. The van der Waals surface area contributed by atoms with E-state index in [9.17, 15) is 9.59 Å². The van der Waals surface area contributed by atoms with Crippen molar-refractivity contribution in [3.05, 3.63) is 24.3 Å². The normalized spacial score (nSPS) is 10.1. The van der Waals surface area contributed by atoms with Gasteiger partial charge in [0.2, 0.25) is 12.8 Å². The second-order valence-corrected chi connectivity index (χ2v) is 4.23. The number of thioether (sulfide) groups is 1. The Hall–Kier alpha value is -1.95. The van der Waals surface area contributed by atoms with Gasteiger partial charge in [0, 0.05) is 10.9 Å². The summed E-state index contributed by atoms with van der Waals surface area (Å²) in [7, 11) is 0. The number of aromatic amines is 1. The van der Waals surface area contributed by atoms with E-state index in [-0.39, 0.29) is 0 Å². The molecule has 1 aromatic carbocycles. The van der Waals surface area contributed by atoms with Gasteiger partial charge >= 0.3 is 0 Å². The molecule has 1 heterocycles. The first-order valence-electron chi connectivity index (χ1n) is 4.97. The van der Waals surface area contributed by atoms with E-state index in [1.54, 1.807) is 0 Å². The Bertz CT molecular complexity index is 538. The Morgan fingerprint density at radius 3 is 2.82 bits per heavy atom. The molecule has 0 fully saturated rings. The van der Waals surface area contributed by atoms with E-state index in [0.29, 0.717) is 24.5 Å². The Morgan fingerprint density at radius 2 is 2.06 bits per heavy atom. The maximum Gasteiger partial charge on any atom is 0.212 e. The minimum atomic E-state index is 0.457. The molecule has 5 nitrogen and oxygen atoms in total. The fraction of sp³-hybridized carbons (Fsp3) is 0.0909. The lowest BCUT2D eigenvalue weighted by molar-refractivity contribution is -0.109. The number of amides is 2. The third kappa shape index (κ3) is 2.42. The third-order valence-corrected chi connectivity index (χ3v) is 3.27. The van der Waals surface area contributed by atoms with Crippen LogP contribution in [0.3, 0.4) is 0 Å². The number of para-hydroxylation sites is 1. The maximum absolute atomic E-state index is 10.5. The molecule has 2 aromatic rings. The first-order valence-corrected chi connectivity index (χ1v) is 5.96. The Kier molecular flexibility index (Phi) is 3.66. The van der Waals surface area contributed by atoms with Crippen molar-refractivity contribution < 1.29 is 9.59 Å². The number of benzene rings is 1. The summed E-state index contributed by atoms with van der Waals surface area (Å²) in [5, 5.41) is 6.22. The van der Waals surface area contributed by atoms with E-state index in [4.69, 9.17) is 0 Å². The van der Waals surface area contributed by atoms with E-state index in [0.717, 1.165) is 15.8 Å². The van der Waals surface area contributed by atoms with Gasteiger partial charge in [0.05, 0.1) is 10.8 Å². The van der Waals surface area contributed by atoms with Crippen molar-refractivity contribution in [2.75, 3.05) is 11.2 Å². The number of nitrogens with one attached hydrogen (secondary N) is 3. The monoisotopic (exact) mass is 249 g/mol. The molecule has 0 saturated carbocycles. The number of H-pyrrole nitrogens is 1. The molecule has 2 amide bonds. The van der Waals surface area contributed by atoms with Crippen LogP contribution in [0.5, 0.6) is 0 Å². The number of carbonyl (C=O) groups is 2. The van der Waals surface area contributed by atoms with Gasteiger partial charge in [-0.3, -0.25) is 9.59 Å². The zero-order valence-corrected chi connectivity index (χ0v) is 9.71. The van der Waals surface area contributed by atoms with E-state index in [1.807, 2.05) is 24.3 Å². The van der Waals surface area contributed by atoms with Gasteiger partial charge in [-0.15, -0.1) is 11.8 Å². The summed E-state index contributed by atoms with van der Waals surface area (Å²) < 4.78 is 0. The van der Waals surface area contributed by atoms with Gasteiger partial charge in [-0.2, -0.15) is 0 Å². The minimum absolute atomic E-state index is 0.457. The Balaban J connectivity index is 2.36. The first-order chi connectivity index (χ1) is 8.36. The van der Waals surface area contributed by atoms with Crippen molar-refractivity contribution in [2.24, 2.45) is 0 Å². The maximum atomic E-state index is 10.5. The van der Waals surface area contributed by atoms with E-state index in [2.05, 4.69) is 15.6 Å². The number of hydrogen-bond donors (Lipinski definition) is 3. The molecule has 0 atom stereocenters. The molecule has 0 bridgehead atoms. The van der Waals surface area contributed by atoms with E-state index >= 15 is 0 Å². The summed E-state index contributed by atoms with van der Waals surface area (Å²) in [5.41, 5.74) is 0.949. The molecule has 6 heteroatoms. The predicted molar refractivity (Wildman–Crippen MR) is 67.9 cm³/mol. The third-order valence-electron chi connectivity index (χ3n) is 2.24. The average molecular weight is 249 g/mol. The number of carbonyl (C=O) groups excluding carboxylic acids is 2. The van der Waals surface area contributed by atoms with Crippen molar-refractivity contribution in [1.82, 2.24) is 10.3 Å². The van der Waals surface area contributed by atoms with Gasteiger partial charge in [0.15, 0.2) is 0 Å². The largest absolute Gasteiger partial charge is 0.349 e. The summed E-state index contributed by atoms with van der Waals surface area (Å²) in [6, 6.07) is 7.74. The fourth-order valence-corrected chi connectivity index (χ4v) is 2.46. The van der Waals surface area contributed by atoms with Crippen LogP contribution in [0.2, 0.25) is 0 Å². The van der Waals surface area contributed by atoms with Crippen LogP contribution in [0.25, 0.3) is 10.9 Å². The molecular weight excluding hydrogens is 238 g/mol. The summed E-state index contributed by atoms with van der Waals surface area (Å²) in [4.78, 5) is 24.8.